The number of aryl methyl sites for hydroxylation is 1. The van der Waals surface area contributed by atoms with Crippen molar-refractivity contribution in [2.45, 2.75) is 30.7 Å². The van der Waals surface area contributed by atoms with Crippen molar-refractivity contribution in [2.24, 2.45) is 4.40 Å². The molecular formula is C26H24ClN3O5S. The molecule has 8 nitrogen and oxygen atoms in total. The number of benzene rings is 2. The number of hydrogen-bond acceptors (Lipinski definition) is 6. The fraction of sp³-hybridized carbons (Fsp3) is 0.231. The zero-order chi connectivity index (χ0) is 26.3. The molecule has 2 aromatic carbocycles. The molecule has 0 N–H and O–H groups in total. The lowest BCUT2D eigenvalue weighted by molar-refractivity contribution is 0.0598. The van der Waals surface area contributed by atoms with Crippen molar-refractivity contribution in [3.63, 3.8) is 0 Å². The Labute approximate surface area is 214 Å². The number of ether oxygens (including phenoxy) is 1. The highest BCUT2D eigenvalue weighted by Crippen LogP contribution is 2.21. The van der Waals surface area contributed by atoms with Gasteiger partial charge in [-0.15, -0.1) is 16.0 Å². The van der Waals surface area contributed by atoms with Gasteiger partial charge in [0.05, 0.1) is 35.2 Å². The molecule has 10 heteroatoms. The second-order valence-corrected chi connectivity index (χ2v) is 9.94. The zero-order valence-electron chi connectivity index (χ0n) is 19.7. The molecule has 0 amide bonds. The Morgan fingerprint density at radius 3 is 2.28 bits per heavy atom. The molecule has 0 fully saturated rings. The maximum atomic E-state index is 13.6. The monoisotopic (exact) mass is 525 g/mol. The second kappa shape index (κ2) is 11.8. The van der Waals surface area contributed by atoms with E-state index in [1.54, 1.807) is 12.1 Å². The van der Waals surface area contributed by atoms with Gasteiger partial charge in [0.25, 0.3) is 10.0 Å². The third-order valence-corrected chi connectivity index (χ3v) is 7.02. The number of esters is 1. The molecule has 0 aliphatic carbocycles. The second-order valence-electron chi connectivity index (χ2n) is 7.95. The number of aromatic nitrogens is 1. The number of pyridine rings is 1. The SMILES string of the molecule is COC(=O)c1ccc(=NS(=O)(=O)c2ccc(C)cc2)n(C(CCCCl)C(=O)c2ccc(C#N)cc2)c1. The van der Waals surface area contributed by atoms with E-state index in [0.717, 1.165) is 5.56 Å². The third kappa shape index (κ3) is 6.27. The van der Waals surface area contributed by atoms with Crippen LogP contribution in [0.25, 0.3) is 0 Å². The fourth-order valence-electron chi connectivity index (χ4n) is 3.53. The van der Waals surface area contributed by atoms with Crippen LogP contribution in [0.3, 0.4) is 0 Å². The molecule has 0 bridgehead atoms. The topological polar surface area (TPSA) is 119 Å². The van der Waals surface area contributed by atoms with Crippen LogP contribution in [0.4, 0.5) is 0 Å². The van der Waals surface area contributed by atoms with E-state index in [0.29, 0.717) is 17.5 Å². The summed E-state index contributed by atoms with van der Waals surface area (Å²) in [5.41, 5.74) is 1.68. The average molecular weight is 526 g/mol. The van der Waals surface area contributed by atoms with Crippen molar-refractivity contribution >= 4 is 33.4 Å². The molecule has 0 saturated carbocycles. The summed E-state index contributed by atoms with van der Waals surface area (Å²) in [6, 6.07) is 16.1. The Kier molecular flexibility index (Phi) is 8.80. The molecule has 3 aromatic rings. The summed E-state index contributed by atoms with van der Waals surface area (Å²) in [5.74, 6) is -0.734. The normalized spacial score (nSPS) is 12.6. The number of nitrogens with zero attached hydrogens (tertiary/aromatic N) is 3. The van der Waals surface area contributed by atoms with Crippen LogP contribution in [0.15, 0.2) is 76.2 Å². The number of rotatable bonds is 9. The highest BCUT2D eigenvalue weighted by atomic mass is 35.5. The van der Waals surface area contributed by atoms with Gasteiger partial charge < -0.3 is 9.30 Å². The maximum Gasteiger partial charge on any atom is 0.339 e. The van der Waals surface area contributed by atoms with Gasteiger partial charge in [-0.05, 0) is 56.2 Å². The predicted molar refractivity (Wildman–Crippen MR) is 134 cm³/mol. The largest absolute Gasteiger partial charge is 0.465 e. The highest BCUT2D eigenvalue weighted by molar-refractivity contribution is 7.90. The molecule has 0 aliphatic rings. The van der Waals surface area contributed by atoms with Crippen molar-refractivity contribution < 1.29 is 22.7 Å². The van der Waals surface area contributed by atoms with Crippen molar-refractivity contribution in [1.82, 2.24) is 4.57 Å². The molecule has 0 saturated heterocycles. The number of carbonyl (C=O) groups is 2. The molecule has 0 aliphatic heterocycles. The maximum absolute atomic E-state index is 13.6. The van der Waals surface area contributed by atoms with Crippen LogP contribution in [0.2, 0.25) is 0 Å². The number of nitriles is 1. The molecule has 1 atom stereocenters. The van der Waals surface area contributed by atoms with Gasteiger partial charge in [-0.2, -0.15) is 13.7 Å². The molecule has 0 radical (unpaired) electrons. The molecule has 1 aromatic heterocycles. The summed E-state index contributed by atoms with van der Waals surface area (Å²) >= 11 is 5.92. The predicted octanol–water partition coefficient (Wildman–Crippen LogP) is 4.19. The van der Waals surface area contributed by atoms with Gasteiger partial charge in [0.15, 0.2) is 5.78 Å². The van der Waals surface area contributed by atoms with Crippen molar-refractivity contribution in [1.29, 1.82) is 5.26 Å². The van der Waals surface area contributed by atoms with E-state index in [-0.39, 0.29) is 34.0 Å². The van der Waals surface area contributed by atoms with Gasteiger partial charge >= 0.3 is 5.97 Å². The minimum atomic E-state index is -4.13. The van der Waals surface area contributed by atoms with Crippen LogP contribution in [-0.2, 0) is 14.8 Å². The van der Waals surface area contributed by atoms with E-state index in [9.17, 15) is 18.0 Å². The summed E-state index contributed by atoms with van der Waals surface area (Å²) in [7, 11) is -2.91. The lowest BCUT2D eigenvalue weighted by Crippen LogP contribution is -2.32. The van der Waals surface area contributed by atoms with Crippen LogP contribution >= 0.6 is 11.6 Å². The van der Waals surface area contributed by atoms with E-state index in [1.165, 1.54) is 66.4 Å². The van der Waals surface area contributed by atoms with Crippen molar-refractivity contribution in [2.75, 3.05) is 13.0 Å². The number of ketones is 1. The number of Topliss-reactive ketones (excluding diaryl/α,β-unsaturated/α-hetero) is 1. The number of alkyl halides is 1. The Bertz CT molecular complexity index is 1470. The smallest absolute Gasteiger partial charge is 0.339 e. The molecule has 0 spiro atoms. The summed E-state index contributed by atoms with van der Waals surface area (Å²) < 4.78 is 36.3. The Hall–Kier alpha value is -3.74. The lowest BCUT2D eigenvalue weighted by Gasteiger charge is -2.21. The molecule has 36 heavy (non-hydrogen) atoms. The van der Waals surface area contributed by atoms with Crippen LogP contribution in [-0.4, -0.2) is 37.7 Å². The number of hydrogen-bond donors (Lipinski definition) is 0. The molecule has 1 unspecified atom stereocenters. The van der Waals surface area contributed by atoms with Gasteiger partial charge in [-0.1, -0.05) is 29.8 Å². The van der Waals surface area contributed by atoms with Crippen LogP contribution in [0.1, 0.15) is 50.7 Å². The van der Waals surface area contributed by atoms with E-state index in [4.69, 9.17) is 21.6 Å². The summed E-state index contributed by atoms with van der Waals surface area (Å²) in [6.45, 7) is 1.84. The van der Waals surface area contributed by atoms with E-state index < -0.39 is 22.0 Å². The van der Waals surface area contributed by atoms with Gasteiger partial charge in [-0.3, -0.25) is 4.79 Å². The quantitative estimate of drug-likeness (QED) is 0.235. The zero-order valence-corrected chi connectivity index (χ0v) is 21.3. The average Bonchev–Trinajstić information content (AvgIpc) is 2.89. The van der Waals surface area contributed by atoms with E-state index in [2.05, 4.69) is 4.40 Å². The van der Waals surface area contributed by atoms with Crippen molar-refractivity contribution in [3.05, 3.63) is 94.6 Å². The first-order chi connectivity index (χ1) is 17.2. The molecular weight excluding hydrogens is 502 g/mol. The van der Waals surface area contributed by atoms with Gasteiger partial charge in [0.1, 0.15) is 5.49 Å². The first-order valence-corrected chi connectivity index (χ1v) is 13.0. The number of halogens is 1. The number of carbonyl (C=O) groups excluding carboxylic acids is 2. The van der Waals surface area contributed by atoms with E-state index >= 15 is 0 Å². The number of methoxy groups -OCH3 is 1. The van der Waals surface area contributed by atoms with Crippen LogP contribution in [0.5, 0.6) is 0 Å². The van der Waals surface area contributed by atoms with Gasteiger partial charge in [0, 0.05) is 17.6 Å². The van der Waals surface area contributed by atoms with Crippen molar-refractivity contribution in [3.8, 4) is 6.07 Å². The Balaban J connectivity index is 2.22. The van der Waals surface area contributed by atoms with Crippen LogP contribution in [0, 0.1) is 18.3 Å². The Morgan fingerprint density at radius 2 is 1.69 bits per heavy atom. The molecule has 186 valence electrons. The Morgan fingerprint density at radius 1 is 1.06 bits per heavy atom. The van der Waals surface area contributed by atoms with Gasteiger partial charge in [-0.25, -0.2) is 4.79 Å². The standard InChI is InChI=1S/C26H24ClN3O5S/c1-18-5-12-22(13-6-18)36(33,34)29-24-14-11-21(26(32)35-2)17-30(24)23(4-3-15-27)25(31)20-9-7-19(16-28)8-10-20/h5-14,17,23H,3-4,15H2,1-2H3. The summed E-state index contributed by atoms with van der Waals surface area (Å²) in [5, 5.41) is 9.06. The first-order valence-electron chi connectivity index (χ1n) is 11.0. The van der Waals surface area contributed by atoms with Gasteiger partial charge in [0.2, 0.25) is 0 Å². The molecule has 1 heterocycles. The van der Waals surface area contributed by atoms with Crippen LogP contribution < -0.4 is 5.49 Å². The van der Waals surface area contributed by atoms with E-state index in [1.807, 2.05) is 13.0 Å². The minimum Gasteiger partial charge on any atom is -0.465 e. The summed E-state index contributed by atoms with van der Waals surface area (Å²) in [6.07, 6.45) is 2.05. The first kappa shape index (κ1) is 26.9. The summed E-state index contributed by atoms with van der Waals surface area (Å²) in [4.78, 5) is 25.8. The fourth-order valence-corrected chi connectivity index (χ4v) is 4.67. The number of sulfonamides is 1. The lowest BCUT2D eigenvalue weighted by atomic mass is 9.99. The minimum absolute atomic E-state index is 0.00702. The third-order valence-electron chi connectivity index (χ3n) is 5.46. The highest BCUT2D eigenvalue weighted by Gasteiger charge is 2.24. The molecule has 3 rings (SSSR count).